The third-order valence-electron chi connectivity index (χ3n) is 5.61. The van der Waals surface area contributed by atoms with Gasteiger partial charge in [0.15, 0.2) is 22.4 Å². The molecule has 1 fully saturated rings. The van der Waals surface area contributed by atoms with E-state index in [1.165, 1.54) is 24.4 Å². The molecule has 3 aromatic carbocycles. The number of thioether (sulfide) groups is 1. The van der Waals surface area contributed by atoms with E-state index in [9.17, 15) is 9.59 Å². The molecule has 1 aliphatic heterocycles. The second-order valence-corrected chi connectivity index (χ2v) is 9.69. The van der Waals surface area contributed by atoms with Crippen molar-refractivity contribution in [2.45, 2.75) is 13.3 Å². The molecule has 0 radical (unpaired) electrons. The number of hydrogen-bond donors (Lipinski definition) is 1. The van der Waals surface area contributed by atoms with Crippen LogP contribution in [0, 0.1) is 0 Å². The Morgan fingerprint density at radius 3 is 2.38 bits per heavy atom. The van der Waals surface area contributed by atoms with Crippen molar-refractivity contribution in [3.05, 3.63) is 82.8 Å². The Morgan fingerprint density at radius 2 is 1.73 bits per heavy atom. The molecule has 0 aromatic heterocycles. The van der Waals surface area contributed by atoms with Crippen molar-refractivity contribution in [1.29, 1.82) is 0 Å². The van der Waals surface area contributed by atoms with Gasteiger partial charge in [0.05, 0.1) is 24.8 Å². The summed E-state index contributed by atoms with van der Waals surface area (Å²) in [5.74, 6) is 1.07. The second-order valence-electron chi connectivity index (χ2n) is 8.01. The molecule has 0 saturated carbocycles. The van der Waals surface area contributed by atoms with Gasteiger partial charge in [-0.05, 0) is 72.2 Å². The number of carbonyl (C=O) groups excluding carboxylic acids is 2. The van der Waals surface area contributed by atoms with E-state index in [0.717, 1.165) is 17.7 Å². The number of hydrogen-bond acceptors (Lipinski definition) is 7. The van der Waals surface area contributed by atoms with E-state index in [1.54, 1.807) is 60.6 Å². The number of ether oxygens (including phenoxy) is 3. The molecule has 1 heterocycles. The Hall–Kier alpha value is -3.82. The van der Waals surface area contributed by atoms with Crippen LogP contribution in [0.5, 0.6) is 17.2 Å². The van der Waals surface area contributed by atoms with E-state index in [4.69, 9.17) is 26.4 Å². The molecule has 0 spiro atoms. The first kappa shape index (κ1) is 26.2. The van der Waals surface area contributed by atoms with Gasteiger partial charge in [0.2, 0.25) is 0 Å². The molecule has 0 unspecified atom stereocenters. The lowest BCUT2D eigenvalue weighted by molar-refractivity contribution is -0.118. The normalized spacial score (nSPS) is 14.1. The van der Waals surface area contributed by atoms with E-state index in [0.29, 0.717) is 32.2 Å². The van der Waals surface area contributed by atoms with Crippen molar-refractivity contribution < 1.29 is 23.8 Å². The summed E-state index contributed by atoms with van der Waals surface area (Å²) < 4.78 is 16.7. The summed E-state index contributed by atoms with van der Waals surface area (Å²) in [5.41, 5.74) is 3.32. The minimum atomic E-state index is -0.313. The van der Waals surface area contributed by atoms with Gasteiger partial charge in [0.25, 0.3) is 11.8 Å². The number of benzene rings is 3. The molecule has 1 saturated heterocycles. The largest absolute Gasteiger partial charge is 0.497 e. The van der Waals surface area contributed by atoms with Crippen LogP contribution >= 0.6 is 24.0 Å². The third-order valence-corrected chi connectivity index (χ3v) is 6.92. The number of rotatable bonds is 9. The zero-order chi connectivity index (χ0) is 26.4. The summed E-state index contributed by atoms with van der Waals surface area (Å²) in [6, 6.07) is 20.1. The van der Waals surface area contributed by atoms with Gasteiger partial charge >= 0.3 is 0 Å². The lowest BCUT2D eigenvalue weighted by atomic mass is 10.1. The first-order valence-electron chi connectivity index (χ1n) is 11.5. The fourth-order valence-electron chi connectivity index (χ4n) is 3.63. The van der Waals surface area contributed by atoms with Crippen LogP contribution in [0.2, 0.25) is 0 Å². The first-order chi connectivity index (χ1) is 17.9. The van der Waals surface area contributed by atoms with Gasteiger partial charge in [-0.2, -0.15) is 0 Å². The van der Waals surface area contributed by atoms with Gasteiger partial charge in [-0.15, -0.1) is 0 Å². The molecule has 3 aromatic rings. The topological polar surface area (TPSA) is 77.1 Å². The van der Waals surface area contributed by atoms with Gasteiger partial charge in [-0.3, -0.25) is 14.5 Å². The van der Waals surface area contributed by atoms with Crippen molar-refractivity contribution >= 4 is 57.6 Å². The SMILES string of the molecule is CCc1ccc(N2C(=O)/C(=C/c3ccc(OCC(=O)Nc4ccc(OC)cc4)c(OC)c3)SC2=S)cc1. The zero-order valence-corrected chi connectivity index (χ0v) is 22.3. The highest BCUT2D eigenvalue weighted by Crippen LogP contribution is 2.37. The summed E-state index contributed by atoms with van der Waals surface area (Å²) in [7, 11) is 3.10. The molecule has 7 nitrogen and oxygen atoms in total. The average Bonchev–Trinajstić information content (AvgIpc) is 3.20. The predicted octanol–water partition coefficient (Wildman–Crippen LogP) is 5.69. The average molecular weight is 535 g/mol. The van der Waals surface area contributed by atoms with Crippen molar-refractivity contribution in [3.63, 3.8) is 0 Å². The van der Waals surface area contributed by atoms with E-state index in [1.807, 2.05) is 24.3 Å². The van der Waals surface area contributed by atoms with E-state index in [2.05, 4.69) is 12.2 Å². The number of aryl methyl sites for hydroxylation is 1. The maximum Gasteiger partial charge on any atom is 0.270 e. The highest BCUT2D eigenvalue weighted by atomic mass is 32.2. The molecule has 0 aliphatic carbocycles. The number of nitrogens with zero attached hydrogens (tertiary/aromatic N) is 1. The fraction of sp³-hybridized carbons (Fsp3) is 0.179. The number of methoxy groups -OCH3 is 2. The molecule has 9 heteroatoms. The minimum Gasteiger partial charge on any atom is -0.497 e. The number of nitrogens with one attached hydrogen (secondary N) is 1. The molecule has 37 heavy (non-hydrogen) atoms. The summed E-state index contributed by atoms with van der Waals surface area (Å²) >= 11 is 6.73. The molecule has 190 valence electrons. The Bertz CT molecular complexity index is 1340. The Morgan fingerprint density at radius 1 is 1.00 bits per heavy atom. The smallest absolute Gasteiger partial charge is 0.270 e. The van der Waals surface area contributed by atoms with Gasteiger partial charge in [-0.25, -0.2) is 0 Å². The molecule has 0 atom stereocenters. The Kier molecular flexibility index (Phi) is 8.47. The summed E-state index contributed by atoms with van der Waals surface area (Å²) in [4.78, 5) is 27.5. The molecule has 0 bridgehead atoms. The van der Waals surface area contributed by atoms with Crippen LogP contribution in [-0.2, 0) is 16.0 Å². The fourth-order valence-corrected chi connectivity index (χ4v) is 4.93. The van der Waals surface area contributed by atoms with Crippen LogP contribution in [-0.4, -0.2) is 37.0 Å². The van der Waals surface area contributed by atoms with Crippen molar-refractivity contribution in [2.24, 2.45) is 0 Å². The van der Waals surface area contributed by atoms with Crippen LogP contribution < -0.4 is 24.4 Å². The first-order valence-corrected chi connectivity index (χ1v) is 12.8. The molecular formula is C28H26N2O5S2. The highest BCUT2D eigenvalue weighted by molar-refractivity contribution is 8.27. The number of carbonyl (C=O) groups is 2. The monoisotopic (exact) mass is 534 g/mol. The zero-order valence-electron chi connectivity index (χ0n) is 20.6. The van der Waals surface area contributed by atoms with Gasteiger partial charge < -0.3 is 19.5 Å². The van der Waals surface area contributed by atoms with E-state index in [-0.39, 0.29) is 18.4 Å². The van der Waals surface area contributed by atoms with Crippen LogP contribution in [0.25, 0.3) is 6.08 Å². The summed E-state index contributed by atoms with van der Waals surface area (Å²) in [6.45, 7) is 1.89. The van der Waals surface area contributed by atoms with Crippen molar-refractivity contribution in [1.82, 2.24) is 0 Å². The lowest BCUT2D eigenvalue weighted by Crippen LogP contribution is -2.27. The van der Waals surface area contributed by atoms with Crippen LogP contribution in [0.15, 0.2) is 71.6 Å². The number of anilines is 2. The van der Waals surface area contributed by atoms with Gasteiger partial charge in [0.1, 0.15) is 5.75 Å². The Balaban J connectivity index is 1.42. The maximum atomic E-state index is 13.1. The molecule has 1 N–H and O–H groups in total. The van der Waals surface area contributed by atoms with Crippen LogP contribution in [0.4, 0.5) is 11.4 Å². The third kappa shape index (κ3) is 6.31. The van der Waals surface area contributed by atoms with Gasteiger partial charge in [0, 0.05) is 5.69 Å². The van der Waals surface area contributed by atoms with Crippen LogP contribution in [0.3, 0.4) is 0 Å². The minimum absolute atomic E-state index is 0.172. The number of thiocarbonyl (C=S) groups is 1. The molecule has 2 amide bonds. The summed E-state index contributed by atoms with van der Waals surface area (Å²) in [5, 5.41) is 2.77. The lowest BCUT2D eigenvalue weighted by Gasteiger charge is -2.14. The highest BCUT2D eigenvalue weighted by Gasteiger charge is 2.33. The molecule has 1 aliphatic rings. The second kappa shape index (κ2) is 11.9. The number of amides is 2. The standard InChI is InChI=1S/C28H26N2O5S2/c1-4-18-5-10-21(11-6-18)30-27(32)25(37-28(30)36)16-19-7-14-23(24(15-19)34-3)35-17-26(31)29-20-8-12-22(33-2)13-9-20/h5-16H,4,17H2,1-3H3,(H,29,31)/b25-16-. The summed E-state index contributed by atoms with van der Waals surface area (Å²) in [6.07, 6.45) is 2.69. The maximum absolute atomic E-state index is 13.1. The van der Waals surface area contributed by atoms with Crippen molar-refractivity contribution in [2.75, 3.05) is 31.0 Å². The van der Waals surface area contributed by atoms with Crippen LogP contribution in [0.1, 0.15) is 18.1 Å². The predicted molar refractivity (Wildman–Crippen MR) is 152 cm³/mol. The Labute approximate surface area is 225 Å². The van der Waals surface area contributed by atoms with E-state index < -0.39 is 0 Å². The van der Waals surface area contributed by atoms with E-state index >= 15 is 0 Å². The van der Waals surface area contributed by atoms with Crippen molar-refractivity contribution in [3.8, 4) is 17.2 Å². The van der Waals surface area contributed by atoms with Gasteiger partial charge in [-0.1, -0.05) is 49.1 Å². The molecule has 4 rings (SSSR count). The quantitative estimate of drug-likeness (QED) is 0.279. The molecular weight excluding hydrogens is 508 g/mol.